The molecule has 0 aromatic heterocycles. The van der Waals surface area contributed by atoms with E-state index in [9.17, 15) is 13.2 Å². The number of rotatable bonds is 3. The van der Waals surface area contributed by atoms with Gasteiger partial charge in [0.05, 0.1) is 11.5 Å². The predicted octanol–water partition coefficient (Wildman–Crippen LogP) is 1.65. The van der Waals surface area contributed by atoms with Gasteiger partial charge in [0, 0.05) is 5.41 Å². The first-order valence-corrected chi connectivity index (χ1v) is 7.30. The minimum atomic E-state index is -3.97. The molecule has 0 aliphatic carbocycles. The van der Waals surface area contributed by atoms with Crippen molar-refractivity contribution in [2.75, 3.05) is 6.61 Å². The molecule has 1 heterocycles. The van der Waals surface area contributed by atoms with Crippen LogP contribution in [0.4, 0.5) is 0 Å². The summed E-state index contributed by atoms with van der Waals surface area (Å²) in [5.41, 5.74) is 0.286. The van der Waals surface area contributed by atoms with Gasteiger partial charge in [-0.25, -0.2) is 4.79 Å². The summed E-state index contributed by atoms with van der Waals surface area (Å²) in [5.74, 6) is -0.638. The Balaban J connectivity index is 2.27. The van der Waals surface area contributed by atoms with Gasteiger partial charge in [-0.15, -0.1) is 0 Å². The lowest BCUT2D eigenvalue weighted by molar-refractivity contribution is -0.143. The molecule has 1 aliphatic rings. The van der Waals surface area contributed by atoms with Crippen LogP contribution in [0.1, 0.15) is 19.4 Å². The Morgan fingerprint density at radius 2 is 1.84 bits per heavy atom. The van der Waals surface area contributed by atoms with Crippen LogP contribution in [-0.4, -0.2) is 27.1 Å². The number of aryl methyl sites for hydroxylation is 1. The quantitative estimate of drug-likeness (QED) is 0.623. The molecule has 0 unspecified atom stereocenters. The Morgan fingerprint density at radius 1 is 1.26 bits per heavy atom. The van der Waals surface area contributed by atoms with Gasteiger partial charge in [0.2, 0.25) is 0 Å². The lowest BCUT2D eigenvalue weighted by atomic mass is 9.90. The first kappa shape index (κ1) is 14.0. The number of cyclic esters (lactones) is 1. The number of carbonyl (C=O) groups is 1. The zero-order valence-electron chi connectivity index (χ0n) is 11.0. The summed E-state index contributed by atoms with van der Waals surface area (Å²) in [6.45, 7) is 5.47. The zero-order valence-corrected chi connectivity index (χ0v) is 11.9. The average Bonchev–Trinajstić information content (AvgIpc) is 2.56. The van der Waals surface area contributed by atoms with Gasteiger partial charge in [-0.1, -0.05) is 31.5 Å². The van der Waals surface area contributed by atoms with Crippen LogP contribution < -0.4 is 0 Å². The van der Waals surface area contributed by atoms with Crippen molar-refractivity contribution in [3.05, 3.63) is 29.8 Å². The Hall–Kier alpha value is -1.40. The molecule has 0 spiro atoms. The van der Waals surface area contributed by atoms with E-state index in [4.69, 9.17) is 8.92 Å². The van der Waals surface area contributed by atoms with Gasteiger partial charge in [-0.2, -0.15) is 8.42 Å². The van der Waals surface area contributed by atoms with Crippen molar-refractivity contribution in [3.8, 4) is 0 Å². The molecule has 104 valence electrons. The second-order valence-electron chi connectivity index (χ2n) is 5.34. The summed E-state index contributed by atoms with van der Waals surface area (Å²) in [5, 5.41) is 0. The van der Waals surface area contributed by atoms with Gasteiger partial charge in [-0.3, -0.25) is 4.18 Å². The van der Waals surface area contributed by atoms with Crippen LogP contribution in [0.15, 0.2) is 29.2 Å². The Labute approximate surface area is 112 Å². The number of carbonyl (C=O) groups excluding carboxylic acids is 1. The number of benzene rings is 1. The normalized spacial score (nSPS) is 22.3. The largest absolute Gasteiger partial charge is 0.463 e. The molecule has 1 aliphatic heterocycles. The van der Waals surface area contributed by atoms with Crippen molar-refractivity contribution in [1.82, 2.24) is 0 Å². The van der Waals surface area contributed by atoms with E-state index in [2.05, 4.69) is 0 Å². The molecule has 1 aromatic rings. The topological polar surface area (TPSA) is 69.7 Å². The molecule has 0 amide bonds. The van der Waals surface area contributed by atoms with Crippen molar-refractivity contribution in [2.24, 2.45) is 5.41 Å². The summed E-state index contributed by atoms with van der Waals surface area (Å²) in [4.78, 5) is 11.6. The summed E-state index contributed by atoms with van der Waals surface area (Å²) >= 11 is 0. The summed E-state index contributed by atoms with van der Waals surface area (Å²) in [7, 11) is -3.97. The van der Waals surface area contributed by atoms with E-state index in [1.165, 1.54) is 12.1 Å². The van der Waals surface area contributed by atoms with Crippen molar-refractivity contribution < 1.29 is 22.1 Å². The fourth-order valence-electron chi connectivity index (χ4n) is 1.78. The van der Waals surface area contributed by atoms with E-state index >= 15 is 0 Å². The highest BCUT2D eigenvalue weighted by Crippen LogP contribution is 2.33. The maximum Gasteiger partial charge on any atom is 0.337 e. The highest BCUT2D eigenvalue weighted by Gasteiger charge is 2.47. The smallest absolute Gasteiger partial charge is 0.337 e. The highest BCUT2D eigenvalue weighted by atomic mass is 32.2. The minimum absolute atomic E-state index is 0.0357. The van der Waals surface area contributed by atoms with Gasteiger partial charge >= 0.3 is 5.97 Å². The van der Waals surface area contributed by atoms with Crippen LogP contribution in [0.3, 0.4) is 0 Å². The van der Waals surface area contributed by atoms with E-state index in [1.807, 2.05) is 6.92 Å². The molecule has 5 nitrogen and oxygen atoms in total. The molecule has 0 radical (unpaired) electrons. The minimum Gasteiger partial charge on any atom is -0.463 e. The second kappa shape index (κ2) is 4.61. The molecule has 0 bridgehead atoms. The van der Waals surface area contributed by atoms with Gasteiger partial charge in [0.15, 0.2) is 6.10 Å². The van der Waals surface area contributed by atoms with Crippen LogP contribution in [0, 0.1) is 12.3 Å². The number of esters is 1. The number of hydrogen-bond acceptors (Lipinski definition) is 5. The molecule has 19 heavy (non-hydrogen) atoms. The van der Waals surface area contributed by atoms with Gasteiger partial charge < -0.3 is 4.74 Å². The molecule has 1 saturated heterocycles. The SMILES string of the molecule is Cc1ccc(S(=O)(=O)O[C@H]2C(=O)OCC2(C)C)cc1. The monoisotopic (exact) mass is 284 g/mol. The molecular weight excluding hydrogens is 268 g/mol. The summed E-state index contributed by atoms with van der Waals surface area (Å²) in [6.07, 6.45) is -1.10. The standard InChI is InChI=1S/C13H16O5S/c1-9-4-6-10(7-5-9)19(15,16)18-11-12(14)17-8-13(11,2)3/h4-7,11H,8H2,1-3H3/t11-/m0/s1. The van der Waals surface area contributed by atoms with E-state index in [0.29, 0.717) is 0 Å². The third kappa shape index (κ3) is 2.79. The van der Waals surface area contributed by atoms with Crippen molar-refractivity contribution in [3.63, 3.8) is 0 Å². The molecule has 1 aromatic carbocycles. The fourth-order valence-corrected chi connectivity index (χ4v) is 2.96. The summed E-state index contributed by atoms with van der Waals surface area (Å²) in [6, 6.07) is 6.26. The molecule has 6 heteroatoms. The number of hydrogen-bond donors (Lipinski definition) is 0. The Kier molecular flexibility index (Phi) is 3.40. The van der Waals surface area contributed by atoms with E-state index in [1.54, 1.807) is 26.0 Å². The zero-order chi connectivity index (χ0) is 14.3. The highest BCUT2D eigenvalue weighted by molar-refractivity contribution is 7.86. The maximum atomic E-state index is 12.1. The van der Waals surface area contributed by atoms with Crippen LogP contribution >= 0.6 is 0 Å². The molecule has 0 N–H and O–H groups in total. The average molecular weight is 284 g/mol. The molecule has 0 saturated carbocycles. The summed E-state index contributed by atoms with van der Waals surface area (Å²) < 4.78 is 34.1. The van der Waals surface area contributed by atoms with Gasteiger partial charge in [0.25, 0.3) is 10.1 Å². The van der Waals surface area contributed by atoms with Crippen LogP contribution in [-0.2, 0) is 23.8 Å². The second-order valence-corrected chi connectivity index (χ2v) is 6.91. The van der Waals surface area contributed by atoms with E-state index in [-0.39, 0.29) is 11.5 Å². The first-order chi connectivity index (χ1) is 8.72. The lowest BCUT2D eigenvalue weighted by Gasteiger charge is -2.21. The van der Waals surface area contributed by atoms with E-state index in [0.717, 1.165) is 5.56 Å². The van der Waals surface area contributed by atoms with Crippen LogP contribution in [0.25, 0.3) is 0 Å². The van der Waals surface area contributed by atoms with E-state index < -0.39 is 27.6 Å². The molecule has 1 fully saturated rings. The molecule has 2 rings (SSSR count). The molecular formula is C13H16O5S. The van der Waals surface area contributed by atoms with Crippen molar-refractivity contribution in [2.45, 2.75) is 31.8 Å². The Bertz CT molecular complexity index is 586. The van der Waals surface area contributed by atoms with Crippen molar-refractivity contribution >= 4 is 16.1 Å². The van der Waals surface area contributed by atoms with Gasteiger partial charge in [-0.05, 0) is 19.1 Å². The molecule has 1 atom stereocenters. The maximum absolute atomic E-state index is 12.1. The van der Waals surface area contributed by atoms with Gasteiger partial charge in [0.1, 0.15) is 0 Å². The fraction of sp³-hybridized carbons (Fsp3) is 0.462. The Morgan fingerprint density at radius 3 is 2.32 bits per heavy atom. The third-order valence-corrected chi connectivity index (χ3v) is 4.34. The third-order valence-electron chi connectivity index (χ3n) is 3.04. The first-order valence-electron chi connectivity index (χ1n) is 5.89. The number of ether oxygens (including phenoxy) is 1. The predicted molar refractivity (Wildman–Crippen MR) is 68.0 cm³/mol. The van der Waals surface area contributed by atoms with Crippen molar-refractivity contribution in [1.29, 1.82) is 0 Å². The van der Waals surface area contributed by atoms with Crippen LogP contribution in [0.5, 0.6) is 0 Å². The van der Waals surface area contributed by atoms with Crippen LogP contribution in [0.2, 0.25) is 0 Å². The lowest BCUT2D eigenvalue weighted by Crippen LogP contribution is -2.34.